The predicted molar refractivity (Wildman–Crippen MR) is 62.5 cm³/mol. The summed E-state index contributed by atoms with van der Waals surface area (Å²) < 4.78 is 4.00. The van der Waals surface area contributed by atoms with Gasteiger partial charge in [0.2, 0.25) is 0 Å². The highest BCUT2D eigenvalue weighted by Crippen LogP contribution is 2.20. The fourth-order valence-electron chi connectivity index (χ4n) is 0.551. The molecule has 0 amide bonds. The molecule has 0 N–H and O–H groups in total. The molecule has 0 radical (unpaired) electrons. The van der Waals surface area contributed by atoms with Crippen LogP contribution in [0.3, 0.4) is 0 Å². The van der Waals surface area contributed by atoms with Crippen LogP contribution in [-0.4, -0.2) is 15.2 Å². The monoisotopic (exact) mass is 396 g/mol. The second-order valence-corrected chi connectivity index (χ2v) is 5.98. The molecule has 5 heteroatoms. The SMILES string of the molecule is CC(C)(I)C(=O)CCC(=O)OI. The molecule has 0 spiro atoms. The van der Waals surface area contributed by atoms with E-state index in [1.807, 2.05) is 13.8 Å². The van der Waals surface area contributed by atoms with Crippen LogP contribution in [0.25, 0.3) is 0 Å². The van der Waals surface area contributed by atoms with Crippen molar-refractivity contribution in [3.63, 3.8) is 0 Å². The van der Waals surface area contributed by atoms with Gasteiger partial charge in [-0.05, 0) is 13.8 Å². The second-order valence-electron chi connectivity index (χ2n) is 2.84. The van der Waals surface area contributed by atoms with Gasteiger partial charge in [0.25, 0.3) is 0 Å². The van der Waals surface area contributed by atoms with E-state index in [0.717, 1.165) is 0 Å². The molecule has 0 rings (SSSR count). The molecule has 12 heavy (non-hydrogen) atoms. The zero-order valence-electron chi connectivity index (χ0n) is 6.89. The van der Waals surface area contributed by atoms with Gasteiger partial charge >= 0.3 is 5.97 Å². The Kier molecular flexibility index (Phi) is 5.62. The molecule has 0 aliphatic carbocycles. The van der Waals surface area contributed by atoms with Crippen LogP contribution in [0.2, 0.25) is 0 Å². The van der Waals surface area contributed by atoms with Gasteiger partial charge in [0, 0.05) is 6.42 Å². The van der Waals surface area contributed by atoms with Crippen LogP contribution in [0.1, 0.15) is 26.7 Å². The highest BCUT2D eigenvalue weighted by Gasteiger charge is 2.23. The first-order valence-corrected chi connectivity index (χ1v) is 5.37. The first kappa shape index (κ1) is 12.6. The fraction of sp³-hybridized carbons (Fsp3) is 0.714. The highest BCUT2D eigenvalue weighted by molar-refractivity contribution is 14.1. The lowest BCUT2D eigenvalue weighted by Gasteiger charge is -2.13. The number of alkyl halides is 1. The van der Waals surface area contributed by atoms with Crippen LogP contribution in [0.4, 0.5) is 0 Å². The molecule has 0 aromatic heterocycles. The molecule has 0 saturated heterocycles. The summed E-state index contributed by atoms with van der Waals surface area (Å²) in [4.78, 5) is 21.9. The summed E-state index contributed by atoms with van der Waals surface area (Å²) in [6.07, 6.45) is 0.436. The van der Waals surface area contributed by atoms with Gasteiger partial charge in [-0.25, -0.2) is 0 Å². The lowest BCUT2D eigenvalue weighted by molar-refractivity contribution is -0.133. The van der Waals surface area contributed by atoms with Crippen molar-refractivity contribution >= 4 is 57.3 Å². The quantitative estimate of drug-likeness (QED) is 0.542. The van der Waals surface area contributed by atoms with Gasteiger partial charge in [-0.2, -0.15) is 0 Å². The molecule has 0 aromatic carbocycles. The number of ketones is 1. The third kappa shape index (κ3) is 5.28. The molecule has 0 unspecified atom stereocenters. The average Bonchev–Trinajstić information content (AvgIpc) is 1.97. The maximum atomic E-state index is 11.3. The van der Waals surface area contributed by atoms with Crippen molar-refractivity contribution < 1.29 is 12.7 Å². The second kappa shape index (κ2) is 5.36. The molecule has 3 nitrogen and oxygen atoms in total. The van der Waals surface area contributed by atoms with Gasteiger partial charge in [0.05, 0.1) is 9.84 Å². The van der Waals surface area contributed by atoms with Gasteiger partial charge < -0.3 is 3.07 Å². The molecule has 0 aliphatic rings. The topological polar surface area (TPSA) is 43.4 Å². The number of hydrogen-bond donors (Lipinski definition) is 0. The molecule has 0 heterocycles. The minimum absolute atomic E-state index is 0.0740. The summed E-state index contributed by atoms with van der Waals surface area (Å²) in [7, 11) is 0. The lowest BCUT2D eigenvalue weighted by atomic mass is 10.0. The predicted octanol–water partition coefficient (Wildman–Crippen LogP) is 2.44. The van der Waals surface area contributed by atoms with Crippen molar-refractivity contribution in [2.75, 3.05) is 0 Å². The summed E-state index contributed by atoms with van der Waals surface area (Å²) in [5.74, 6) is -0.269. The Hall–Kier alpha value is 0.600. The van der Waals surface area contributed by atoms with Gasteiger partial charge in [-0.3, -0.25) is 9.59 Å². The van der Waals surface area contributed by atoms with Crippen LogP contribution in [-0.2, 0) is 12.7 Å². The van der Waals surface area contributed by atoms with E-state index in [1.54, 1.807) is 0 Å². The largest absolute Gasteiger partial charge is 0.394 e. The fourth-order valence-corrected chi connectivity index (χ4v) is 1.04. The summed E-state index contributed by atoms with van der Waals surface area (Å²) in [5, 5.41) is 0. The van der Waals surface area contributed by atoms with E-state index in [1.165, 1.54) is 23.0 Å². The number of halogens is 2. The minimum Gasteiger partial charge on any atom is -0.394 e. The van der Waals surface area contributed by atoms with E-state index in [4.69, 9.17) is 0 Å². The molecule has 0 aromatic rings. The highest BCUT2D eigenvalue weighted by atomic mass is 127. The van der Waals surface area contributed by atoms with Gasteiger partial charge in [0.15, 0.2) is 23.0 Å². The lowest BCUT2D eigenvalue weighted by Crippen LogP contribution is -2.24. The summed E-state index contributed by atoms with van der Waals surface area (Å²) in [5.41, 5.74) is 0. The van der Waals surface area contributed by atoms with E-state index >= 15 is 0 Å². The van der Waals surface area contributed by atoms with E-state index in [0.29, 0.717) is 0 Å². The number of carbonyl (C=O) groups excluding carboxylic acids is 2. The van der Waals surface area contributed by atoms with E-state index < -0.39 is 0 Å². The van der Waals surface area contributed by atoms with Crippen molar-refractivity contribution in [3.05, 3.63) is 0 Å². The minimum atomic E-state index is -0.386. The summed E-state index contributed by atoms with van der Waals surface area (Å²) in [6.45, 7) is 3.65. The number of carbonyl (C=O) groups is 2. The molecular formula is C7H10I2O3. The van der Waals surface area contributed by atoms with Gasteiger partial charge in [-0.15, -0.1) is 0 Å². The molecule has 0 bridgehead atoms. The molecule has 70 valence electrons. The van der Waals surface area contributed by atoms with Crippen molar-refractivity contribution in [2.24, 2.45) is 0 Å². The van der Waals surface area contributed by atoms with Crippen LogP contribution >= 0.6 is 45.6 Å². The smallest absolute Gasteiger partial charge is 0.315 e. The van der Waals surface area contributed by atoms with E-state index in [-0.39, 0.29) is 28.0 Å². The third-order valence-corrected chi connectivity index (χ3v) is 2.40. The Bertz CT molecular complexity index is 184. The molecule has 0 aliphatic heterocycles. The zero-order valence-corrected chi connectivity index (χ0v) is 11.2. The first-order valence-electron chi connectivity index (χ1n) is 3.41. The Morgan fingerprint density at radius 3 is 2.17 bits per heavy atom. The number of hydrogen-bond acceptors (Lipinski definition) is 3. The first-order chi connectivity index (χ1) is 5.38. The van der Waals surface area contributed by atoms with Crippen molar-refractivity contribution in [1.29, 1.82) is 0 Å². The zero-order chi connectivity index (χ0) is 9.78. The van der Waals surface area contributed by atoms with Crippen LogP contribution in [0.15, 0.2) is 0 Å². The normalized spacial score (nSPS) is 11.0. The maximum Gasteiger partial charge on any atom is 0.315 e. The van der Waals surface area contributed by atoms with Gasteiger partial charge in [-0.1, -0.05) is 22.6 Å². The number of rotatable bonds is 4. The molecule has 0 saturated carbocycles. The van der Waals surface area contributed by atoms with Crippen molar-refractivity contribution in [1.82, 2.24) is 0 Å². The van der Waals surface area contributed by atoms with Crippen molar-refractivity contribution in [3.8, 4) is 0 Å². The Labute approximate surface area is 99.4 Å². The number of Topliss-reactive ketones (excluding diaryl/α,β-unsaturated/α-hetero) is 1. The van der Waals surface area contributed by atoms with Crippen molar-refractivity contribution in [2.45, 2.75) is 30.1 Å². The van der Waals surface area contributed by atoms with E-state index in [9.17, 15) is 9.59 Å². The Balaban J connectivity index is 3.81. The molecule has 0 fully saturated rings. The Morgan fingerprint density at radius 2 is 1.83 bits per heavy atom. The third-order valence-electron chi connectivity index (χ3n) is 1.31. The van der Waals surface area contributed by atoms with Crippen LogP contribution in [0.5, 0.6) is 0 Å². The standard InChI is InChI=1S/C7H10I2O3/c1-7(2,8)5(10)3-4-6(11)12-9/h3-4H2,1-2H3. The van der Waals surface area contributed by atoms with Crippen LogP contribution in [0, 0.1) is 0 Å². The van der Waals surface area contributed by atoms with Gasteiger partial charge in [0.1, 0.15) is 5.78 Å². The average molecular weight is 396 g/mol. The maximum absolute atomic E-state index is 11.3. The summed E-state index contributed by atoms with van der Waals surface area (Å²) in [6, 6.07) is 0. The Morgan fingerprint density at radius 1 is 1.33 bits per heavy atom. The molecular weight excluding hydrogens is 386 g/mol. The summed E-state index contributed by atoms with van der Waals surface area (Å²) >= 11 is 3.58. The molecule has 0 atom stereocenters. The van der Waals surface area contributed by atoms with Crippen LogP contribution < -0.4 is 0 Å². The van der Waals surface area contributed by atoms with E-state index in [2.05, 4.69) is 25.7 Å².